The lowest BCUT2D eigenvalue weighted by Gasteiger charge is -2.25. The fourth-order valence-electron chi connectivity index (χ4n) is 4.14. The third-order valence-electron chi connectivity index (χ3n) is 5.64. The Morgan fingerprint density at radius 2 is 1.77 bits per heavy atom. The molecule has 0 fully saturated rings. The average molecular weight is 592 g/mol. The fraction of sp³-hybridized carbons (Fsp3) is 0.107. The smallest absolute Gasteiger partial charge is 0.338 e. The highest BCUT2D eigenvalue weighted by atomic mass is 127. The second-order valence-electron chi connectivity index (χ2n) is 7.90. The molecule has 0 spiro atoms. The summed E-state index contributed by atoms with van der Waals surface area (Å²) in [6, 6.07) is 26.4. The minimum Gasteiger partial charge on any atom is -0.463 e. The van der Waals surface area contributed by atoms with Gasteiger partial charge in [-0.05, 0) is 58.9 Å². The molecular weight excluding hydrogens is 571 g/mol. The van der Waals surface area contributed by atoms with Crippen molar-refractivity contribution in [2.75, 3.05) is 6.61 Å². The highest BCUT2D eigenvalue weighted by molar-refractivity contribution is 14.1. The van der Waals surface area contributed by atoms with Crippen LogP contribution < -0.4 is 14.9 Å². The summed E-state index contributed by atoms with van der Waals surface area (Å²) in [5.74, 6) is -0.476. The maximum atomic E-state index is 13.8. The molecule has 1 atom stereocenters. The van der Waals surface area contributed by atoms with E-state index in [1.807, 2.05) is 91.0 Å². The zero-order valence-electron chi connectivity index (χ0n) is 18.9. The summed E-state index contributed by atoms with van der Waals surface area (Å²) in [5.41, 5.74) is 3.26. The van der Waals surface area contributed by atoms with Crippen molar-refractivity contribution in [2.24, 2.45) is 4.99 Å². The summed E-state index contributed by atoms with van der Waals surface area (Å²) in [5, 5.41) is 0. The van der Waals surface area contributed by atoms with Gasteiger partial charge >= 0.3 is 5.97 Å². The molecule has 0 N–H and O–H groups in total. The molecule has 3 aromatic carbocycles. The lowest BCUT2D eigenvalue weighted by Crippen LogP contribution is -2.39. The van der Waals surface area contributed by atoms with Gasteiger partial charge in [-0.2, -0.15) is 0 Å². The lowest BCUT2D eigenvalue weighted by atomic mass is 9.93. The first-order valence-corrected chi connectivity index (χ1v) is 13.1. The van der Waals surface area contributed by atoms with E-state index in [1.165, 1.54) is 11.3 Å². The van der Waals surface area contributed by atoms with Crippen LogP contribution in [0.1, 0.15) is 29.7 Å². The molecule has 1 aromatic heterocycles. The normalized spacial score (nSPS) is 15.5. The van der Waals surface area contributed by atoms with Gasteiger partial charge in [0.2, 0.25) is 0 Å². The average Bonchev–Trinajstić information content (AvgIpc) is 3.18. The van der Waals surface area contributed by atoms with Gasteiger partial charge in [0.1, 0.15) is 0 Å². The monoisotopic (exact) mass is 592 g/mol. The van der Waals surface area contributed by atoms with Crippen molar-refractivity contribution in [3.63, 3.8) is 0 Å². The van der Waals surface area contributed by atoms with Gasteiger partial charge in [-0.1, -0.05) is 84.1 Å². The first-order valence-electron chi connectivity index (χ1n) is 11.2. The van der Waals surface area contributed by atoms with Gasteiger partial charge in [-0.15, -0.1) is 0 Å². The molecule has 35 heavy (non-hydrogen) atoms. The van der Waals surface area contributed by atoms with Crippen LogP contribution in [0.25, 0.3) is 11.8 Å². The Morgan fingerprint density at radius 1 is 1.06 bits per heavy atom. The van der Waals surface area contributed by atoms with Crippen molar-refractivity contribution in [1.82, 2.24) is 4.57 Å². The minimum absolute atomic E-state index is 0.185. The van der Waals surface area contributed by atoms with Crippen LogP contribution in [0, 0.1) is 3.57 Å². The van der Waals surface area contributed by atoms with Crippen LogP contribution in [-0.4, -0.2) is 17.1 Å². The van der Waals surface area contributed by atoms with Crippen LogP contribution in [0.5, 0.6) is 0 Å². The number of aromatic nitrogens is 1. The molecule has 7 heteroatoms. The predicted molar refractivity (Wildman–Crippen MR) is 147 cm³/mol. The summed E-state index contributed by atoms with van der Waals surface area (Å²) >= 11 is 3.58. The highest BCUT2D eigenvalue weighted by Crippen LogP contribution is 2.35. The van der Waals surface area contributed by atoms with Crippen molar-refractivity contribution < 1.29 is 9.53 Å². The molecule has 5 nitrogen and oxygen atoms in total. The number of ether oxygens (including phenoxy) is 1. The van der Waals surface area contributed by atoms with Crippen LogP contribution in [-0.2, 0) is 9.53 Å². The van der Waals surface area contributed by atoms with E-state index in [0.29, 0.717) is 20.6 Å². The summed E-state index contributed by atoms with van der Waals surface area (Å²) < 4.78 is 8.75. The number of fused-ring (bicyclic) bond motifs is 1. The number of esters is 1. The SMILES string of the molecule is CCOC(=O)C1=C(c2ccccc2)N=c2s/c(=C/c3cccc(I)c3)c(=O)n2[C@@H]1c1ccccc1. The Hall–Kier alpha value is -3.30. The van der Waals surface area contributed by atoms with Crippen LogP contribution >= 0.6 is 33.9 Å². The summed E-state index contributed by atoms with van der Waals surface area (Å²) in [6.07, 6.45) is 1.88. The number of halogens is 1. The maximum Gasteiger partial charge on any atom is 0.338 e. The molecule has 4 aromatic rings. The van der Waals surface area contributed by atoms with Crippen molar-refractivity contribution in [3.8, 4) is 0 Å². The number of carbonyl (C=O) groups excluding carboxylic acids is 1. The van der Waals surface area contributed by atoms with Crippen molar-refractivity contribution in [2.45, 2.75) is 13.0 Å². The topological polar surface area (TPSA) is 60.7 Å². The van der Waals surface area contributed by atoms with Crippen molar-refractivity contribution >= 4 is 51.7 Å². The van der Waals surface area contributed by atoms with Gasteiger partial charge in [0, 0.05) is 9.13 Å². The molecular formula is C28H21IN2O3S. The van der Waals surface area contributed by atoms with E-state index < -0.39 is 12.0 Å². The Balaban J connectivity index is 1.83. The Morgan fingerprint density at radius 3 is 2.46 bits per heavy atom. The van der Waals surface area contributed by atoms with E-state index in [-0.39, 0.29) is 12.2 Å². The van der Waals surface area contributed by atoms with Gasteiger partial charge < -0.3 is 4.74 Å². The van der Waals surface area contributed by atoms with Crippen LogP contribution in [0.15, 0.2) is 100 Å². The molecule has 174 valence electrons. The number of hydrogen-bond donors (Lipinski definition) is 0. The van der Waals surface area contributed by atoms with E-state index in [4.69, 9.17) is 9.73 Å². The van der Waals surface area contributed by atoms with Gasteiger partial charge in [-0.25, -0.2) is 9.79 Å². The first kappa shape index (κ1) is 23.4. The molecule has 0 radical (unpaired) electrons. The minimum atomic E-state index is -0.653. The molecule has 2 heterocycles. The number of thiazole rings is 1. The molecule has 0 unspecified atom stereocenters. The Bertz CT molecular complexity index is 1610. The van der Waals surface area contributed by atoms with Gasteiger partial charge in [-0.3, -0.25) is 9.36 Å². The van der Waals surface area contributed by atoms with Crippen LogP contribution in [0.4, 0.5) is 0 Å². The summed E-state index contributed by atoms with van der Waals surface area (Å²) in [7, 11) is 0. The van der Waals surface area contributed by atoms with E-state index in [1.54, 1.807) is 11.5 Å². The number of hydrogen-bond acceptors (Lipinski definition) is 5. The van der Waals surface area contributed by atoms with Crippen LogP contribution in [0.2, 0.25) is 0 Å². The number of nitrogens with zero attached hydrogens (tertiary/aromatic N) is 2. The largest absolute Gasteiger partial charge is 0.463 e. The molecule has 0 amide bonds. The van der Waals surface area contributed by atoms with Gasteiger partial charge in [0.25, 0.3) is 5.56 Å². The van der Waals surface area contributed by atoms with E-state index >= 15 is 0 Å². The van der Waals surface area contributed by atoms with E-state index in [2.05, 4.69) is 22.6 Å². The maximum absolute atomic E-state index is 13.8. The van der Waals surface area contributed by atoms with Crippen molar-refractivity contribution in [3.05, 3.63) is 130 Å². The van der Waals surface area contributed by atoms with Crippen molar-refractivity contribution in [1.29, 1.82) is 0 Å². The lowest BCUT2D eigenvalue weighted by molar-refractivity contribution is -0.138. The molecule has 1 aliphatic rings. The van der Waals surface area contributed by atoms with Gasteiger partial charge in [0.15, 0.2) is 4.80 Å². The third-order valence-corrected chi connectivity index (χ3v) is 7.29. The Kier molecular flexibility index (Phi) is 6.79. The summed E-state index contributed by atoms with van der Waals surface area (Å²) in [6.45, 7) is 2.00. The molecule has 0 saturated carbocycles. The third kappa shape index (κ3) is 4.66. The zero-order valence-corrected chi connectivity index (χ0v) is 21.8. The Labute approximate surface area is 219 Å². The fourth-order valence-corrected chi connectivity index (χ4v) is 5.71. The number of rotatable bonds is 5. The second kappa shape index (κ2) is 10.1. The summed E-state index contributed by atoms with van der Waals surface area (Å²) in [4.78, 5) is 32.5. The molecule has 5 rings (SSSR count). The van der Waals surface area contributed by atoms with Crippen LogP contribution in [0.3, 0.4) is 0 Å². The number of benzene rings is 3. The predicted octanol–water partition coefficient (Wildman–Crippen LogP) is 4.54. The zero-order chi connectivity index (χ0) is 24.4. The number of carbonyl (C=O) groups is 1. The molecule has 0 aliphatic carbocycles. The first-order chi connectivity index (χ1) is 17.1. The second-order valence-corrected chi connectivity index (χ2v) is 10.2. The van der Waals surface area contributed by atoms with E-state index in [9.17, 15) is 9.59 Å². The standard InChI is InChI=1S/C28H21IN2O3S/c1-2-34-27(33)23-24(19-11-5-3-6-12-19)30-28-31(25(23)20-13-7-4-8-14-20)26(32)22(35-28)17-18-10-9-15-21(29)16-18/h3-17,25H,2H2,1H3/b22-17+/t25-/m1/s1. The quantitative estimate of drug-likeness (QED) is 0.253. The highest BCUT2D eigenvalue weighted by Gasteiger charge is 2.35. The van der Waals surface area contributed by atoms with Gasteiger partial charge in [0.05, 0.1) is 28.5 Å². The van der Waals surface area contributed by atoms with E-state index in [0.717, 1.165) is 20.3 Å². The molecule has 0 bridgehead atoms. The molecule has 1 aliphatic heterocycles. The molecule has 0 saturated heterocycles.